The third-order valence-corrected chi connectivity index (χ3v) is 8.88. The van der Waals surface area contributed by atoms with Crippen molar-refractivity contribution in [1.82, 2.24) is 4.57 Å². The lowest BCUT2D eigenvalue weighted by molar-refractivity contribution is 0.661. The summed E-state index contributed by atoms with van der Waals surface area (Å²) in [6.07, 6.45) is 0. The van der Waals surface area contributed by atoms with E-state index in [-0.39, 0.29) is 5.41 Å². The Kier molecular flexibility index (Phi) is 4.56. The van der Waals surface area contributed by atoms with Gasteiger partial charge in [-0.3, -0.25) is 0 Å². The summed E-state index contributed by atoms with van der Waals surface area (Å²) in [7, 11) is 0. The normalized spacial score (nSPS) is 13.7. The first-order valence-corrected chi connectivity index (χ1v) is 13.8. The first-order chi connectivity index (χ1) is 19.0. The number of benzene rings is 6. The van der Waals surface area contributed by atoms with Gasteiger partial charge in [-0.15, -0.1) is 0 Å². The second-order valence-corrected chi connectivity index (χ2v) is 11.5. The maximum atomic E-state index is 2.48. The Morgan fingerprint density at radius 3 is 2.13 bits per heavy atom. The molecule has 0 atom stereocenters. The van der Waals surface area contributed by atoms with Crippen molar-refractivity contribution in [2.45, 2.75) is 26.2 Å². The van der Waals surface area contributed by atoms with Gasteiger partial charge >= 0.3 is 0 Å². The van der Waals surface area contributed by atoms with Crippen LogP contribution in [0.1, 0.15) is 30.5 Å². The third-order valence-electron chi connectivity index (χ3n) is 8.88. The highest BCUT2D eigenvalue weighted by Gasteiger charge is 2.36. The summed E-state index contributed by atoms with van der Waals surface area (Å²) in [4.78, 5) is 0. The Labute approximate surface area is 229 Å². The van der Waals surface area contributed by atoms with Crippen molar-refractivity contribution in [3.63, 3.8) is 0 Å². The molecule has 0 aliphatic heterocycles. The van der Waals surface area contributed by atoms with Crippen molar-refractivity contribution in [2.75, 3.05) is 0 Å². The van der Waals surface area contributed by atoms with E-state index in [2.05, 4.69) is 147 Å². The SMILES string of the molecule is Cc1cc(-c2cccc3ccccc23)cc2c1c1cc3c(cc1n2-c1ccccc1)-c1ccccc1C3(C)C. The molecular formula is C38H29N. The summed E-state index contributed by atoms with van der Waals surface area (Å²) >= 11 is 0. The molecule has 0 spiro atoms. The van der Waals surface area contributed by atoms with Crippen LogP contribution in [0.5, 0.6) is 0 Å². The van der Waals surface area contributed by atoms with E-state index in [1.54, 1.807) is 0 Å². The van der Waals surface area contributed by atoms with Crippen LogP contribution in [0, 0.1) is 6.92 Å². The van der Waals surface area contributed by atoms with Gasteiger partial charge in [0.2, 0.25) is 0 Å². The van der Waals surface area contributed by atoms with E-state index >= 15 is 0 Å². The Balaban J connectivity index is 1.51. The van der Waals surface area contributed by atoms with Crippen molar-refractivity contribution >= 4 is 32.6 Å². The highest BCUT2D eigenvalue weighted by atomic mass is 15.0. The molecule has 0 unspecified atom stereocenters. The maximum Gasteiger partial charge on any atom is 0.0549 e. The van der Waals surface area contributed by atoms with Crippen LogP contribution in [0.15, 0.2) is 121 Å². The lowest BCUT2D eigenvalue weighted by Crippen LogP contribution is -2.14. The summed E-state index contributed by atoms with van der Waals surface area (Å²) in [5.74, 6) is 0. The van der Waals surface area contributed by atoms with Gasteiger partial charge in [0.1, 0.15) is 0 Å². The minimum Gasteiger partial charge on any atom is -0.309 e. The molecule has 0 amide bonds. The van der Waals surface area contributed by atoms with Crippen molar-refractivity contribution in [3.8, 4) is 27.9 Å². The van der Waals surface area contributed by atoms with E-state index in [0.717, 1.165) is 0 Å². The second kappa shape index (κ2) is 7.94. The van der Waals surface area contributed by atoms with Crippen LogP contribution in [-0.4, -0.2) is 4.57 Å². The van der Waals surface area contributed by atoms with Gasteiger partial charge in [0.05, 0.1) is 11.0 Å². The Morgan fingerprint density at radius 1 is 0.538 bits per heavy atom. The number of rotatable bonds is 2. The van der Waals surface area contributed by atoms with Gasteiger partial charge in [-0.1, -0.05) is 105 Å². The highest BCUT2D eigenvalue weighted by molar-refractivity contribution is 6.14. The fraction of sp³-hybridized carbons (Fsp3) is 0.105. The van der Waals surface area contributed by atoms with Gasteiger partial charge in [-0.05, 0) is 87.0 Å². The van der Waals surface area contributed by atoms with Gasteiger partial charge < -0.3 is 4.57 Å². The smallest absolute Gasteiger partial charge is 0.0549 e. The molecule has 0 N–H and O–H groups in total. The molecule has 7 aromatic rings. The maximum absolute atomic E-state index is 2.48. The predicted molar refractivity (Wildman–Crippen MR) is 166 cm³/mol. The van der Waals surface area contributed by atoms with Gasteiger partial charge in [0.15, 0.2) is 0 Å². The zero-order chi connectivity index (χ0) is 26.3. The third kappa shape index (κ3) is 3.08. The fourth-order valence-electron chi connectivity index (χ4n) is 7.03. The van der Waals surface area contributed by atoms with E-state index in [1.165, 1.54) is 77.2 Å². The molecule has 186 valence electrons. The monoisotopic (exact) mass is 499 g/mol. The van der Waals surface area contributed by atoms with Crippen LogP contribution in [0.4, 0.5) is 0 Å². The predicted octanol–water partition coefficient (Wildman–Crippen LogP) is 10.2. The number of aromatic nitrogens is 1. The molecule has 1 heterocycles. The topological polar surface area (TPSA) is 4.93 Å². The molecule has 6 aromatic carbocycles. The molecule has 0 saturated carbocycles. The molecule has 0 fully saturated rings. The van der Waals surface area contributed by atoms with E-state index in [1.807, 2.05) is 0 Å². The summed E-state index contributed by atoms with van der Waals surface area (Å²) in [6.45, 7) is 7.01. The summed E-state index contributed by atoms with van der Waals surface area (Å²) in [5, 5.41) is 5.23. The molecule has 39 heavy (non-hydrogen) atoms. The molecule has 0 radical (unpaired) electrons. The van der Waals surface area contributed by atoms with Crippen LogP contribution in [0.25, 0.3) is 60.5 Å². The molecule has 8 rings (SSSR count). The largest absolute Gasteiger partial charge is 0.309 e. The van der Waals surface area contributed by atoms with Crippen LogP contribution < -0.4 is 0 Å². The van der Waals surface area contributed by atoms with Crippen LogP contribution in [-0.2, 0) is 5.41 Å². The first kappa shape index (κ1) is 22.4. The minimum absolute atomic E-state index is 0.0297. The summed E-state index contributed by atoms with van der Waals surface area (Å²) in [6, 6.07) is 44.8. The summed E-state index contributed by atoms with van der Waals surface area (Å²) < 4.78 is 2.47. The van der Waals surface area contributed by atoms with Crippen LogP contribution in [0.2, 0.25) is 0 Å². The number of para-hydroxylation sites is 1. The van der Waals surface area contributed by atoms with Gasteiger partial charge in [-0.2, -0.15) is 0 Å². The van der Waals surface area contributed by atoms with Crippen molar-refractivity contribution in [3.05, 3.63) is 138 Å². The van der Waals surface area contributed by atoms with Crippen LogP contribution >= 0.6 is 0 Å². The number of hydrogen-bond acceptors (Lipinski definition) is 0. The van der Waals surface area contributed by atoms with E-state index in [0.29, 0.717) is 0 Å². The molecule has 1 aromatic heterocycles. The zero-order valence-electron chi connectivity index (χ0n) is 22.5. The Bertz CT molecular complexity index is 2080. The fourth-order valence-corrected chi connectivity index (χ4v) is 7.03. The average molecular weight is 500 g/mol. The van der Waals surface area contributed by atoms with Crippen molar-refractivity contribution in [2.24, 2.45) is 0 Å². The number of hydrogen-bond donors (Lipinski definition) is 0. The minimum atomic E-state index is -0.0297. The molecule has 1 aliphatic carbocycles. The Hall–Kier alpha value is -4.62. The number of aryl methyl sites for hydroxylation is 1. The lowest BCUT2D eigenvalue weighted by Gasteiger charge is -2.21. The highest BCUT2D eigenvalue weighted by Crippen LogP contribution is 2.51. The molecule has 0 saturated heterocycles. The average Bonchev–Trinajstić information content (AvgIpc) is 3.41. The molecule has 0 bridgehead atoms. The van der Waals surface area contributed by atoms with Gasteiger partial charge in [-0.25, -0.2) is 0 Å². The standard InChI is InChI=1S/C38H29N/c1-24-20-26(29-18-11-13-25-12-7-8-16-28(25)29)21-36-37(24)32-22-34-31(30-17-9-10-19-33(30)38(34,2)3)23-35(32)39(36)27-14-5-4-6-15-27/h4-23H,1-3H3. The zero-order valence-corrected chi connectivity index (χ0v) is 22.5. The van der Waals surface area contributed by atoms with Crippen LogP contribution in [0.3, 0.4) is 0 Å². The van der Waals surface area contributed by atoms with Gasteiger partial charge in [0.25, 0.3) is 0 Å². The lowest BCUT2D eigenvalue weighted by atomic mass is 9.82. The van der Waals surface area contributed by atoms with E-state index < -0.39 is 0 Å². The molecule has 1 aliphatic rings. The van der Waals surface area contributed by atoms with Gasteiger partial charge in [0, 0.05) is 21.9 Å². The van der Waals surface area contributed by atoms with E-state index in [4.69, 9.17) is 0 Å². The molecule has 1 heteroatoms. The first-order valence-electron chi connectivity index (χ1n) is 13.8. The van der Waals surface area contributed by atoms with Crippen molar-refractivity contribution in [1.29, 1.82) is 0 Å². The number of fused-ring (bicyclic) bond motifs is 7. The summed E-state index contributed by atoms with van der Waals surface area (Å²) in [5.41, 5.74) is 13.1. The second-order valence-electron chi connectivity index (χ2n) is 11.5. The molecule has 1 nitrogen and oxygen atoms in total. The van der Waals surface area contributed by atoms with E-state index in [9.17, 15) is 0 Å². The quantitative estimate of drug-likeness (QED) is 0.223. The van der Waals surface area contributed by atoms with Crippen molar-refractivity contribution < 1.29 is 0 Å². The molecular weight excluding hydrogens is 470 g/mol. The number of nitrogens with zero attached hydrogens (tertiary/aromatic N) is 1. The Morgan fingerprint density at radius 2 is 1.26 bits per heavy atom.